The molecule has 1 aromatic heterocycles. The van der Waals surface area contributed by atoms with Gasteiger partial charge in [-0.05, 0) is 56.1 Å². The van der Waals surface area contributed by atoms with Gasteiger partial charge in [-0.25, -0.2) is 9.78 Å². The maximum Gasteiger partial charge on any atom is 0.327 e. The molecule has 3 aliphatic rings. The predicted octanol–water partition coefficient (Wildman–Crippen LogP) is 1.30. The van der Waals surface area contributed by atoms with Crippen LogP contribution in [-0.2, 0) is 13.1 Å². The van der Waals surface area contributed by atoms with Crippen LogP contribution in [0.1, 0.15) is 30.7 Å². The van der Waals surface area contributed by atoms with E-state index in [9.17, 15) is 4.79 Å². The van der Waals surface area contributed by atoms with Gasteiger partial charge in [-0.15, -0.1) is 0 Å². The zero-order valence-corrected chi connectivity index (χ0v) is 21.0. The van der Waals surface area contributed by atoms with E-state index >= 15 is 0 Å². The molecule has 0 saturated carbocycles. The number of guanidine groups is 1. The lowest BCUT2D eigenvalue weighted by Gasteiger charge is -2.34. The summed E-state index contributed by atoms with van der Waals surface area (Å²) in [6.07, 6.45) is 10.8. The number of rotatable bonds is 10. The van der Waals surface area contributed by atoms with Crippen LogP contribution < -0.4 is 32.3 Å². The van der Waals surface area contributed by atoms with Crippen LogP contribution in [0.4, 0.5) is 10.5 Å². The SMILES string of the molecule is NC(N)=NCCCNCc1ccc(N2C=C3C=C(C4CCCN(Cc5ncc[nH]5)C4)NC3NC2=O)cc1. The second kappa shape index (κ2) is 11.5. The van der Waals surface area contributed by atoms with Crippen LogP contribution in [0.2, 0.25) is 0 Å². The second-order valence-electron chi connectivity index (χ2n) is 9.74. The molecular formula is C26H36N10O. The molecule has 1 saturated heterocycles. The van der Waals surface area contributed by atoms with Gasteiger partial charge in [0.15, 0.2) is 5.96 Å². The van der Waals surface area contributed by atoms with E-state index in [1.54, 1.807) is 11.1 Å². The molecule has 0 bridgehead atoms. The third kappa shape index (κ3) is 6.30. The maximum atomic E-state index is 12.9. The van der Waals surface area contributed by atoms with Crippen LogP contribution in [0.5, 0.6) is 0 Å². The summed E-state index contributed by atoms with van der Waals surface area (Å²) in [5.41, 5.74) is 14.9. The number of hydrogen-bond acceptors (Lipinski definition) is 6. The number of aromatic amines is 1. The third-order valence-electron chi connectivity index (χ3n) is 6.95. The first kappa shape index (κ1) is 24.8. The lowest BCUT2D eigenvalue weighted by Crippen LogP contribution is -2.52. The minimum atomic E-state index is -0.179. The van der Waals surface area contributed by atoms with E-state index in [0.29, 0.717) is 12.5 Å². The van der Waals surface area contributed by atoms with E-state index in [-0.39, 0.29) is 18.2 Å². The van der Waals surface area contributed by atoms with E-state index < -0.39 is 0 Å². The number of fused-ring (bicyclic) bond motifs is 1. The predicted molar refractivity (Wildman–Crippen MR) is 144 cm³/mol. The number of aromatic nitrogens is 2. The number of likely N-dealkylation sites (tertiary alicyclic amines) is 1. The number of imidazole rings is 1. The fourth-order valence-corrected chi connectivity index (χ4v) is 5.08. The number of piperidine rings is 1. The molecule has 8 N–H and O–H groups in total. The molecule has 1 aromatic carbocycles. The molecular weight excluding hydrogens is 468 g/mol. The lowest BCUT2D eigenvalue weighted by molar-refractivity contribution is 0.176. The van der Waals surface area contributed by atoms with Gasteiger partial charge in [0.1, 0.15) is 12.0 Å². The fourth-order valence-electron chi connectivity index (χ4n) is 5.08. The molecule has 4 heterocycles. The number of urea groups is 1. The third-order valence-corrected chi connectivity index (χ3v) is 6.95. The Morgan fingerprint density at radius 1 is 1.22 bits per heavy atom. The lowest BCUT2D eigenvalue weighted by atomic mass is 9.94. The van der Waals surface area contributed by atoms with Crippen molar-refractivity contribution in [1.82, 2.24) is 30.8 Å². The van der Waals surface area contributed by atoms with Gasteiger partial charge in [-0.1, -0.05) is 12.1 Å². The largest absolute Gasteiger partial charge is 0.370 e. The minimum Gasteiger partial charge on any atom is -0.370 e. The highest BCUT2D eigenvalue weighted by molar-refractivity contribution is 5.96. The Kier molecular flexibility index (Phi) is 7.71. The molecule has 1 fully saturated rings. The quantitative estimate of drug-likeness (QED) is 0.162. The Hall–Kier alpha value is -3.83. The van der Waals surface area contributed by atoms with Crippen LogP contribution in [0, 0.1) is 5.92 Å². The van der Waals surface area contributed by atoms with E-state index in [1.807, 2.05) is 36.7 Å². The molecule has 0 spiro atoms. The maximum absolute atomic E-state index is 12.9. The number of nitrogens with zero attached hydrogens (tertiary/aromatic N) is 4. The van der Waals surface area contributed by atoms with Crippen molar-refractivity contribution in [3.8, 4) is 0 Å². The van der Waals surface area contributed by atoms with Gasteiger partial charge in [-0.3, -0.25) is 14.8 Å². The number of H-pyrrole nitrogens is 1. The molecule has 2 amide bonds. The first-order chi connectivity index (χ1) is 18.0. The average Bonchev–Trinajstić information content (AvgIpc) is 3.56. The van der Waals surface area contributed by atoms with Gasteiger partial charge < -0.3 is 32.4 Å². The minimum absolute atomic E-state index is 0.125. The first-order valence-corrected chi connectivity index (χ1v) is 12.9. The number of benzene rings is 1. The molecule has 0 radical (unpaired) electrons. The van der Waals surface area contributed by atoms with Crippen molar-refractivity contribution in [3.05, 3.63) is 71.6 Å². The molecule has 5 rings (SSSR count). The summed E-state index contributed by atoms with van der Waals surface area (Å²) < 4.78 is 0. The van der Waals surface area contributed by atoms with Crippen molar-refractivity contribution < 1.29 is 4.79 Å². The van der Waals surface area contributed by atoms with Gasteiger partial charge in [0.05, 0.1) is 12.2 Å². The van der Waals surface area contributed by atoms with E-state index in [4.69, 9.17) is 11.5 Å². The standard InChI is InChI=1S/C26H36N10O/c27-25(28)32-9-2-8-29-14-18-4-6-21(7-5-18)36-16-20-13-22(33-24(20)34-26(36)37)19-3-1-12-35(15-19)17-23-30-10-11-31-23/h4-7,10-11,13,16,19,24,29,33H,1-3,8-9,12,14-15,17H2,(H,30,31)(H,34,37)(H4,27,28,32). The van der Waals surface area contributed by atoms with Crippen molar-refractivity contribution in [2.75, 3.05) is 31.1 Å². The Labute approximate surface area is 217 Å². The molecule has 2 aromatic rings. The number of carbonyl (C=O) groups is 1. The number of nitrogens with one attached hydrogen (secondary N) is 4. The summed E-state index contributed by atoms with van der Waals surface area (Å²) >= 11 is 0. The summed E-state index contributed by atoms with van der Waals surface area (Å²) in [6, 6.07) is 7.91. The Morgan fingerprint density at radius 3 is 2.86 bits per heavy atom. The first-order valence-electron chi connectivity index (χ1n) is 12.9. The van der Waals surface area contributed by atoms with Gasteiger partial charge in [0, 0.05) is 55.4 Å². The topological polar surface area (TPSA) is 153 Å². The summed E-state index contributed by atoms with van der Waals surface area (Å²) in [4.78, 5) is 28.6. The Morgan fingerprint density at radius 2 is 2.08 bits per heavy atom. The summed E-state index contributed by atoms with van der Waals surface area (Å²) in [5, 5.41) is 10.0. The summed E-state index contributed by atoms with van der Waals surface area (Å²) in [7, 11) is 0. The molecule has 196 valence electrons. The number of nitrogens with two attached hydrogens (primary N) is 2. The number of aliphatic imine (C=N–C) groups is 1. The highest BCUT2D eigenvalue weighted by atomic mass is 16.2. The highest BCUT2D eigenvalue weighted by Crippen LogP contribution is 2.31. The van der Waals surface area contributed by atoms with Gasteiger partial charge in [0.25, 0.3) is 0 Å². The van der Waals surface area contributed by atoms with Gasteiger partial charge >= 0.3 is 6.03 Å². The van der Waals surface area contributed by atoms with Crippen LogP contribution in [-0.4, -0.2) is 59.2 Å². The van der Waals surface area contributed by atoms with E-state index in [1.165, 1.54) is 5.70 Å². The molecule has 3 aliphatic heterocycles. The summed E-state index contributed by atoms with van der Waals surface area (Å²) in [5.74, 6) is 1.53. The number of amides is 2. The molecule has 2 atom stereocenters. The van der Waals surface area contributed by atoms with Crippen LogP contribution in [0.3, 0.4) is 0 Å². The van der Waals surface area contributed by atoms with Crippen molar-refractivity contribution in [3.63, 3.8) is 0 Å². The van der Waals surface area contributed by atoms with Gasteiger partial charge in [0.2, 0.25) is 0 Å². The van der Waals surface area contributed by atoms with Crippen molar-refractivity contribution in [2.45, 2.75) is 38.5 Å². The monoisotopic (exact) mass is 504 g/mol. The zero-order valence-electron chi connectivity index (χ0n) is 21.0. The number of carbonyl (C=O) groups excluding carboxylic acids is 1. The summed E-state index contributed by atoms with van der Waals surface area (Å²) in [6.45, 7) is 5.06. The van der Waals surface area contributed by atoms with Crippen LogP contribution in [0.25, 0.3) is 0 Å². The molecule has 0 aliphatic carbocycles. The normalized spacial score (nSPS) is 21.5. The average molecular weight is 505 g/mol. The zero-order chi connectivity index (χ0) is 25.6. The number of hydrogen-bond donors (Lipinski definition) is 6. The highest BCUT2D eigenvalue weighted by Gasteiger charge is 2.34. The Bertz CT molecular complexity index is 1150. The Balaban J connectivity index is 1.17. The van der Waals surface area contributed by atoms with Gasteiger partial charge in [-0.2, -0.15) is 0 Å². The van der Waals surface area contributed by atoms with E-state index in [0.717, 1.165) is 74.6 Å². The number of anilines is 1. The molecule has 11 nitrogen and oxygen atoms in total. The van der Waals surface area contributed by atoms with E-state index in [2.05, 4.69) is 41.9 Å². The van der Waals surface area contributed by atoms with Crippen molar-refractivity contribution in [1.29, 1.82) is 0 Å². The van der Waals surface area contributed by atoms with Crippen LogP contribution in [0.15, 0.2) is 65.2 Å². The second-order valence-corrected chi connectivity index (χ2v) is 9.74. The van der Waals surface area contributed by atoms with Crippen molar-refractivity contribution >= 4 is 17.7 Å². The smallest absolute Gasteiger partial charge is 0.327 e. The fraction of sp³-hybridized carbons (Fsp3) is 0.423. The molecule has 2 unspecified atom stereocenters. The molecule has 37 heavy (non-hydrogen) atoms. The van der Waals surface area contributed by atoms with Crippen LogP contribution >= 0.6 is 0 Å². The molecule has 11 heteroatoms. The van der Waals surface area contributed by atoms with Crippen molar-refractivity contribution in [2.24, 2.45) is 22.4 Å².